The smallest absolute Gasteiger partial charge is 0.179 e. The van der Waals surface area contributed by atoms with E-state index in [0.717, 1.165) is 12.1 Å². The quantitative estimate of drug-likeness (QED) is 0.186. The molecule has 0 bridgehead atoms. The van der Waals surface area contributed by atoms with E-state index in [2.05, 4.69) is 13.8 Å². The van der Waals surface area contributed by atoms with Crippen LogP contribution in [0.3, 0.4) is 0 Å². The molecule has 0 aliphatic carbocycles. The standard InChI is InChI=1S/C23H48OSi/c1-3-4-5-6-7-8-9-10-11-12-13-14-15-16-17-20-23(2)25-22-19-18-21-24-25/h23,25H,3-22H2,1-2H3. The van der Waals surface area contributed by atoms with Crippen molar-refractivity contribution in [1.82, 2.24) is 0 Å². The van der Waals surface area contributed by atoms with Gasteiger partial charge in [-0.2, -0.15) is 0 Å². The minimum atomic E-state index is -0.813. The minimum absolute atomic E-state index is 0.813. The molecule has 25 heavy (non-hydrogen) atoms. The number of rotatable bonds is 17. The Hall–Kier alpha value is 0.177. The first-order chi connectivity index (χ1) is 12.3. The van der Waals surface area contributed by atoms with Gasteiger partial charge in [-0.3, -0.25) is 0 Å². The van der Waals surface area contributed by atoms with E-state index in [9.17, 15) is 0 Å². The lowest BCUT2D eigenvalue weighted by molar-refractivity contribution is 0.278. The molecule has 1 heterocycles. The molecule has 2 unspecified atom stereocenters. The second kappa shape index (κ2) is 17.6. The van der Waals surface area contributed by atoms with E-state index in [-0.39, 0.29) is 0 Å². The molecule has 0 radical (unpaired) electrons. The monoisotopic (exact) mass is 368 g/mol. The van der Waals surface area contributed by atoms with Crippen LogP contribution < -0.4 is 0 Å². The summed E-state index contributed by atoms with van der Waals surface area (Å²) in [7, 11) is -0.813. The van der Waals surface area contributed by atoms with Gasteiger partial charge in [-0.1, -0.05) is 123 Å². The van der Waals surface area contributed by atoms with E-state index < -0.39 is 9.04 Å². The van der Waals surface area contributed by atoms with Gasteiger partial charge < -0.3 is 4.43 Å². The van der Waals surface area contributed by atoms with Crippen molar-refractivity contribution < 1.29 is 4.43 Å². The Kier molecular flexibility index (Phi) is 16.3. The summed E-state index contributed by atoms with van der Waals surface area (Å²) in [6.45, 7) is 5.83. The third kappa shape index (κ3) is 14.0. The SMILES string of the molecule is CCCCCCCCCCCCCCCCCC(C)[SiH]1CCCCO1. The molecule has 1 nitrogen and oxygen atoms in total. The lowest BCUT2D eigenvalue weighted by atomic mass is 10.0. The maximum Gasteiger partial charge on any atom is 0.179 e. The molecule has 0 amide bonds. The molecule has 0 aromatic heterocycles. The van der Waals surface area contributed by atoms with Gasteiger partial charge in [-0.25, -0.2) is 0 Å². The molecular weight excluding hydrogens is 320 g/mol. The van der Waals surface area contributed by atoms with Crippen LogP contribution in [0.1, 0.15) is 129 Å². The van der Waals surface area contributed by atoms with Crippen molar-refractivity contribution in [2.75, 3.05) is 6.61 Å². The average Bonchev–Trinajstić information content (AvgIpc) is 2.65. The Morgan fingerprint density at radius 3 is 1.60 bits per heavy atom. The fourth-order valence-corrected chi connectivity index (χ4v) is 7.07. The van der Waals surface area contributed by atoms with Crippen molar-refractivity contribution in [3.8, 4) is 0 Å². The summed E-state index contributed by atoms with van der Waals surface area (Å²) in [5.41, 5.74) is 0.919. The van der Waals surface area contributed by atoms with E-state index >= 15 is 0 Å². The Morgan fingerprint density at radius 1 is 0.680 bits per heavy atom. The molecule has 0 aromatic rings. The zero-order valence-corrected chi connectivity index (χ0v) is 18.9. The Morgan fingerprint density at radius 2 is 1.16 bits per heavy atom. The molecule has 0 aromatic carbocycles. The maximum atomic E-state index is 6.05. The summed E-state index contributed by atoms with van der Waals surface area (Å²) in [5, 5.41) is 0. The van der Waals surface area contributed by atoms with Gasteiger partial charge in [0.1, 0.15) is 0 Å². The highest BCUT2D eigenvalue weighted by molar-refractivity contribution is 6.53. The molecule has 1 rings (SSSR count). The van der Waals surface area contributed by atoms with E-state index in [4.69, 9.17) is 4.43 Å². The van der Waals surface area contributed by atoms with Crippen LogP contribution in [-0.4, -0.2) is 15.6 Å². The van der Waals surface area contributed by atoms with Crippen LogP contribution in [0.2, 0.25) is 11.6 Å². The lowest BCUT2D eigenvalue weighted by Crippen LogP contribution is -2.27. The van der Waals surface area contributed by atoms with Crippen molar-refractivity contribution in [3.63, 3.8) is 0 Å². The summed E-state index contributed by atoms with van der Waals surface area (Å²) in [4.78, 5) is 0. The van der Waals surface area contributed by atoms with E-state index in [0.29, 0.717) is 0 Å². The third-order valence-electron chi connectivity index (χ3n) is 6.11. The van der Waals surface area contributed by atoms with Crippen molar-refractivity contribution in [2.45, 2.75) is 141 Å². The van der Waals surface area contributed by atoms with Crippen LogP contribution >= 0.6 is 0 Å². The first-order valence-corrected chi connectivity index (χ1v) is 13.9. The molecule has 2 heteroatoms. The number of unbranched alkanes of at least 4 members (excludes halogenated alkanes) is 14. The Bertz CT molecular complexity index is 263. The molecule has 1 fully saturated rings. The Labute approximate surface area is 161 Å². The lowest BCUT2D eigenvalue weighted by Gasteiger charge is -2.26. The number of hydrogen-bond donors (Lipinski definition) is 0. The summed E-state index contributed by atoms with van der Waals surface area (Å²) >= 11 is 0. The van der Waals surface area contributed by atoms with Gasteiger partial charge >= 0.3 is 0 Å². The molecule has 1 saturated heterocycles. The van der Waals surface area contributed by atoms with Crippen LogP contribution in [0, 0.1) is 0 Å². The van der Waals surface area contributed by atoms with Gasteiger partial charge in [0.2, 0.25) is 0 Å². The molecule has 150 valence electrons. The zero-order valence-electron chi connectivity index (χ0n) is 17.7. The van der Waals surface area contributed by atoms with Crippen molar-refractivity contribution >= 4 is 9.04 Å². The first kappa shape index (κ1) is 23.2. The van der Waals surface area contributed by atoms with Gasteiger partial charge in [0.05, 0.1) is 0 Å². The molecule has 0 saturated carbocycles. The van der Waals surface area contributed by atoms with E-state index in [1.807, 2.05) is 0 Å². The van der Waals surface area contributed by atoms with Gasteiger partial charge in [-0.15, -0.1) is 0 Å². The molecule has 0 spiro atoms. The summed E-state index contributed by atoms with van der Waals surface area (Å²) in [6, 6.07) is 1.44. The largest absolute Gasteiger partial charge is 0.420 e. The first-order valence-electron chi connectivity index (χ1n) is 12.0. The van der Waals surface area contributed by atoms with Crippen LogP contribution in [0.25, 0.3) is 0 Å². The van der Waals surface area contributed by atoms with E-state index in [1.54, 1.807) is 0 Å². The third-order valence-corrected chi connectivity index (χ3v) is 9.36. The van der Waals surface area contributed by atoms with Gasteiger partial charge in [0, 0.05) is 6.61 Å². The average molecular weight is 369 g/mol. The molecule has 1 aliphatic heterocycles. The van der Waals surface area contributed by atoms with Gasteiger partial charge in [-0.05, 0) is 18.0 Å². The molecule has 0 N–H and O–H groups in total. The van der Waals surface area contributed by atoms with Gasteiger partial charge in [0.25, 0.3) is 0 Å². The predicted molar refractivity (Wildman–Crippen MR) is 116 cm³/mol. The fourth-order valence-electron chi connectivity index (χ4n) is 4.24. The summed E-state index contributed by atoms with van der Waals surface area (Å²) < 4.78 is 6.05. The summed E-state index contributed by atoms with van der Waals surface area (Å²) in [5.74, 6) is 0. The maximum absolute atomic E-state index is 6.05. The van der Waals surface area contributed by atoms with Crippen LogP contribution in [0.15, 0.2) is 0 Å². The predicted octanol–water partition coefficient (Wildman–Crippen LogP) is 8.17. The van der Waals surface area contributed by atoms with Gasteiger partial charge in [0.15, 0.2) is 9.04 Å². The highest BCUT2D eigenvalue weighted by atomic mass is 28.3. The van der Waals surface area contributed by atoms with Crippen LogP contribution in [0.4, 0.5) is 0 Å². The topological polar surface area (TPSA) is 9.23 Å². The highest BCUT2D eigenvalue weighted by Gasteiger charge is 2.22. The van der Waals surface area contributed by atoms with Crippen molar-refractivity contribution in [2.24, 2.45) is 0 Å². The fraction of sp³-hybridized carbons (Fsp3) is 1.00. The number of hydrogen-bond acceptors (Lipinski definition) is 1. The van der Waals surface area contributed by atoms with Crippen LogP contribution in [-0.2, 0) is 4.43 Å². The van der Waals surface area contributed by atoms with Crippen molar-refractivity contribution in [1.29, 1.82) is 0 Å². The minimum Gasteiger partial charge on any atom is -0.420 e. The normalized spacial score (nSPS) is 19.2. The molecular formula is C23H48OSi. The second-order valence-electron chi connectivity index (χ2n) is 8.62. The molecule has 1 aliphatic rings. The van der Waals surface area contributed by atoms with E-state index in [1.165, 1.54) is 122 Å². The van der Waals surface area contributed by atoms with Crippen molar-refractivity contribution in [3.05, 3.63) is 0 Å². The van der Waals surface area contributed by atoms with Crippen LogP contribution in [0.5, 0.6) is 0 Å². The zero-order chi connectivity index (χ0) is 18.0. The molecule has 2 atom stereocenters. The highest BCUT2D eigenvalue weighted by Crippen LogP contribution is 2.26. The Balaban J connectivity index is 1.73. The summed E-state index contributed by atoms with van der Waals surface area (Å²) in [6.07, 6.45) is 26.2. The second-order valence-corrected chi connectivity index (χ2v) is 11.7.